The lowest BCUT2D eigenvalue weighted by Crippen LogP contribution is -2.04. The van der Waals surface area contributed by atoms with Crippen molar-refractivity contribution in [2.45, 2.75) is 38.2 Å². The van der Waals surface area contributed by atoms with E-state index in [1.165, 1.54) is 0 Å². The minimum atomic E-state index is -0.854. The molecule has 0 aliphatic heterocycles. The van der Waals surface area contributed by atoms with Crippen LogP contribution in [0.4, 0.5) is 0 Å². The van der Waals surface area contributed by atoms with Crippen LogP contribution in [0.25, 0.3) is 0 Å². The molecule has 3 nitrogen and oxygen atoms in total. The largest absolute Gasteiger partial charge is 0.481 e. The summed E-state index contributed by atoms with van der Waals surface area (Å²) in [4.78, 5) is 10.2. The molecule has 0 aliphatic carbocycles. The fourth-order valence-electron chi connectivity index (χ4n) is 1.11. The van der Waals surface area contributed by atoms with Crippen molar-refractivity contribution in [2.75, 3.05) is 0 Å². The molecule has 0 saturated heterocycles. The second-order valence-electron chi connectivity index (χ2n) is 3.62. The van der Waals surface area contributed by atoms with Crippen LogP contribution in [0.5, 0.6) is 0 Å². The first-order chi connectivity index (χ1) is 8.66. The highest BCUT2D eigenvalue weighted by Gasteiger charge is 2.01. The number of hydrogen-bond acceptors (Lipinski definition) is 2. The summed E-state index contributed by atoms with van der Waals surface area (Å²) in [6, 6.07) is 0. The molecule has 1 atom stereocenters. The summed E-state index contributed by atoms with van der Waals surface area (Å²) in [5.41, 5.74) is 0. The van der Waals surface area contributed by atoms with Gasteiger partial charge in [0.25, 0.3) is 0 Å². The van der Waals surface area contributed by atoms with Crippen molar-refractivity contribution < 1.29 is 15.0 Å². The van der Waals surface area contributed by atoms with E-state index in [4.69, 9.17) is 11.5 Å². The van der Waals surface area contributed by atoms with E-state index < -0.39 is 12.1 Å². The van der Waals surface area contributed by atoms with E-state index >= 15 is 0 Å². The van der Waals surface area contributed by atoms with E-state index in [1.54, 1.807) is 12.2 Å². The molecule has 96 valence electrons. The summed E-state index contributed by atoms with van der Waals surface area (Å²) in [5, 5.41) is 17.8. The van der Waals surface area contributed by atoms with Gasteiger partial charge in [-0.3, -0.25) is 4.79 Å². The number of carboxylic acids is 1. The van der Waals surface area contributed by atoms with Gasteiger partial charge in [-0.2, -0.15) is 0 Å². The summed E-state index contributed by atoms with van der Waals surface area (Å²) in [5.74, 6) is 6.99. The van der Waals surface area contributed by atoms with E-state index in [9.17, 15) is 9.90 Å². The molecule has 2 N–H and O–H groups in total. The van der Waals surface area contributed by atoms with E-state index in [0.717, 1.165) is 12.8 Å². The predicted molar refractivity (Wildman–Crippen MR) is 71.6 cm³/mol. The molecule has 0 aromatic heterocycles. The number of aliphatic hydroxyl groups excluding tert-OH is 1. The number of allylic oxidation sites excluding steroid dienone is 4. The van der Waals surface area contributed by atoms with Gasteiger partial charge in [0.05, 0.1) is 0 Å². The molecule has 0 aliphatic rings. The Hall–Kier alpha value is -1.97. The van der Waals surface area contributed by atoms with Gasteiger partial charge in [-0.05, 0) is 25.3 Å². The van der Waals surface area contributed by atoms with Crippen LogP contribution in [0.15, 0.2) is 24.3 Å². The van der Waals surface area contributed by atoms with Crippen molar-refractivity contribution in [3.63, 3.8) is 0 Å². The molecule has 0 unspecified atom stereocenters. The van der Waals surface area contributed by atoms with Gasteiger partial charge in [0.15, 0.2) is 0 Å². The zero-order chi connectivity index (χ0) is 13.6. The Morgan fingerprint density at radius 3 is 2.83 bits per heavy atom. The molecule has 0 fully saturated rings. The molecule has 0 radical (unpaired) electrons. The third-order valence-electron chi connectivity index (χ3n) is 2.00. The third-order valence-corrected chi connectivity index (χ3v) is 2.00. The van der Waals surface area contributed by atoms with Crippen LogP contribution in [-0.2, 0) is 4.79 Å². The van der Waals surface area contributed by atoms with Crippen LogP contribution >= 0.6 is 0 Å². The summed E-state index contributed by atoms with van der Waals surface area (Å²) in [7, 11) is 0. The first-order valence-corrected chi connectivity index (χ1v) is 5.83. The van der Waals surface area contributed by atoms with Gasteiger partial charge >= 0.3 is 5.97 Å². The molecule has 0 bridgehead atoms. The van der Waals surface area contributed by atoms with Crippen LogP contribution in [0.3, 0.4) is 0 Å². The summed E-state index contributed by atoms with van der Waals surface area (Å²) in [6.45, 7) is 0. The Balaban J connectivity index is 3.75. The Kier molecular flexibility index (Phi) is 10.3. The maximum atomic E-state index is 10.2. The lowest BCUT2D eigenvalue weighted by Gasteiger charge is -1.99. The Morgan fingerprint density at radius 1 is 1.39 bits per heavy atom. The SMILES string of the molecule is C#CCC/C=C/C=C/C#C[C@@H](O)CCCC(=O)O. The molecule has 0 rings (SSSR count). The number of rotatable bonds is 7. The highest BCUT2D eigenvalue weighted by atomic mass is 16.4. The minimum absolute atomic E-state index is 0.0620. The minimum Gasteiger partial charge on any atom is -0.481 e. The van der Waals surface area contributed by atoms with Gasteiger partial charge in [-0.1, -0.05) is 30.1 Å². The van der Waals surface area contributed by atoms with Gasteiger partial charge in [-0.25, -0.2) is 0 Å². The maximum Gasteiger partial charge on any atom is 0.303 e. The van der Waals surface area contributed by atoms with Crippen LogP contribution in [0.1, 0.15) is 32.1 Å². The Labute approximate surface area is 108 Å². The number of aliphatic carboxylic acids is 1. The normalized spacial score (nSPS) is 12.0. The molecule has 0 spiro atoms. The fraction of sp³-hybridized carbons (Fsp3) is 0.400. The lowest BCUT2D eigenvalue weighted by atomic mass is 10.1. The molecule has 3 heteroatoms. The van der Waals surface area contributed by atoms with Gasteiger partial charge in [0, 0.05) is 12.8 Å². The number of hydrogen-bond donors (Lipinski definition) is 2. The molecule has 0 aromatic rings. The number of carboxylic acid groups (broad SMARTS) is 1. The van der Waals surface area contributed by atoms with Crippen molar-refractivity contribution in [1.29, 1.82) is 0 Å². The van der Waals surface area contributed by atoms with Crippen LogP contribution < -0.4 is 0 Å². The average Bonchev–Trinajstić information content (AvgIpc) is 2.32. The van der Waals surface area contributed by atoms with E-state index in [-0.39, 0.29) is 6.42 Å². The molecule has 0 heterocycles. The van der Waals surface area contributed by atoms with Crippen LogP contribution in [-0.4, -0.2) is 22.3 Å². The summed E-state index contributed by atoms with van der Waals surface area (Å²) >= 11 is 0. The predicted octanol–water partition coefficient (Wildman–Crippen LogP) is 2.13. The van der Waals surface area contributed by atoms with Crippen LogP contribution in [0, 0.1) is 24.2 Å². The van der Waals surface area contributed by atoms with Gasteiger partial charge in [0.1, 0.15) is 6.10 Å². The topological polar surface area (TPSA) is 57.5 Å². The number of carbonyl (C=O) groups is 1. The second-order valence-corrected chi connectivity index (χ2v) is 3.62. The fourth-order valence-corrected chi connectivity index (χ4v) is 1.11. The molecule has 0 aromatic carbocycles. The second kappa shape index (κ2) is 11.5. The quantitative estimate of drug-likeness (QED) is 0.411. The van der Waals surface area contributed by atoms with Crippen molar-refractivity contribution >= 4 is 5.97 Å². The third kappa shape index (κ3) is 12.1. The first-order valence-electron chi connectivity index (χ1n) is 5.83. The number of unbranched alkanes of at least 4 members (excludes halogenated alkanes) is 1. The molecule has 18 heavy (non-hydrogen) atoms. The Bertz CT molecular complexity index is 388. The molecule has 0 amide bonds. The number of aliphatic hydroxyl groups is 1. The van der Waals surface area contributed by atoms with E-state index in [1.807, 2.05) is 12.2 Å². The molecular weight excluding hydrogens is 228 g/mol. The lowest BCUT2D eigenvalue weighted by molar-refractivity contribution is -0.137. The van der Waals surface area contributed by atoms with E-state index in [2.05, 4.69) is 17.8 Å². The zero-order valence-electron chi connectivity index (χ0n) is 10.3. The van der Waals surface area contributed by atoms with Crippen molar-refractivity contribution in [2.24, 2.45) is 0 Å². The number of terminal acetylenes is 1. The molecule has 0 saturated carbocycles. The molecular formula is C15H18O3. The van der Waals surface area contributed by atoms with Gasteiger partial charge in [0.2, 0.25) is 0 Å². The Morgan fingerprint density at radius 2 is 2.17 bits per heavy atom. The zero-order valence-corrected chi connectivity index (χ0v) is 10.3. The van der Waals surface area contributed by atoms with Crippen molar-refractivity contribution in [3.05, 3.63) is 24.3 Å². The van der Waals surface area contributed by atoms with Crippen molar-refractivity contribution in [1.82, 2.24) is 0 Å². The van der Waals surface area contributed by atoms with Crippen LogP contribution in [0.2, 0.25) is 0 Å². The van der Waals surface area contributed by atoms with E-state index in [0.29, 0.717) is 12.8 Å². The first kappa shape index (κ1) is 16.0. The summed E-state index contributed by atoms with van der Waals surface area (Å²) < 4.78 is 0. The van der Waals surface area contributed by atoms with Gasteiger partial charge < -0.3 is 10.2 Å². The standard InChI is InChI=1S/C15H18O3/c1-2-3-4-5-6-7-8-9-11-14(16)12-10-13-15(17)18/h1,5-8,14,16H,3-4,10,12-13H2,(H,17,18)/b6-5+,8-7+/t14-/m1/s1. The van der Waals surface area contributed by atoms with Crippen molar-refractivity contribution in [3.8, 4) is 24.2 Å². The summed E-state index contributed by atoms with van der Waals surface area (Å²) in [6.07, 6.45) is 14.0. The highest BCUT2D eigenvalue weighted by Crippen LogP contribution is 1.99. The van der Waals surface area contributed by atoms with Gasteiger partial charge in [-0.15, -0.1) is 12.3 Å². The monoisotopic (exact) mass is 246 g/mol. The highest BCUT2D eigenvalue weighted by molar-refractivity contribution is 5.66. The smallest absolute Gasteiger partial charge is 0.303 e. The maximum absolute atomic E-state index is 10.2. The average molecular weight is 246 g/mol.